The number of primary amides is 1. The number of aliphatic carboxylic acids is 1. The average molecular weight is 1090 g/mol. The first-order valence-corrected chi connectivity index (χ1v) is 26.2. The molecule has 3 aromatic rings. The molecule has 0 aliphatic carbocycles. The SMILES string of the molecule is CCOC(=O)[C@@H](CCC(=O)O)NC(=O)/C(C)=C/[C@H](C(C)C)N(C)C(=O)[C@@H](NC(=O)C(N(C)C(=O)OCc1ccc(NC(=O)[C@H](CCCNC(N)=O)NC(=O)[C@@H](N)C(C)C)cc1)C(C)(C)c1cn(C)c2ccccc12)C(C)(C)C. The van der Waals surface area contributed by atoms with Gasteiger partial charge in [-0.05, 0) is 79.7 Å². The van der Waals surface area contributed by atoms with Gasteiger partial charge in [-0.1, -0.05) is 98.7 Å². The van der Waals surface area contributed by atoms with Gasteiger partial charge in [-0.15, -0.1) is 0 Å². The predicted octanol–water partition coefficient (Wildman–Crippen LogP) is 4.82. The van der Waals surface area contributed by atoms with Crippen LogP contribution in [0.2, 0.25) is 0 Å². The first kappa shape index (κ1) is 64.8. The molecule has 1 aromatic heterocycles. The van der Waals surface area contributed by atoms with Gasteiger partial charge < -0.3 is 62.1 Å². The van der Waals surface area contributed by atoms with E-state index in [4.69, 9.17) is 20.9 Å². The van der Waals surface area contributed by atoms with Crippen LogP contribution >= 0.6 is 0 Å². The van der Waals surface area contributed by atoms with Crippen LogP contribution < -0.4 is 38.1 Å². The summed E-state index contributed by atoms with van der Waals surface area (Å²) in [5, 5.41) is 23.6. The fourth-order valence-corrected chi connectivity index (χ4v) is 8.95. The monoisotopic (exact) mass is 1090 g/mol. The largest absolute Gasteiger partial charge is 0.481 e. The Kier molecular flexibility index (Phi) is 23.9. The van der Waals surface area contributed by atoms with Gasteiger partial charge in [0.2, 0.25) is 29.5 Å². The molecule has 1 unspecified atom stereocenters. The van der Waals surface area contributed by atoms with Crippen molar-refractivity contribution < 1.29 is 57.7 Å². The van der Waals surface area contributed by atoms with Crippen LogP contribution in [0.3, 0.4) is 0 Å². The zero-order chi connectivity index (χ0) is 59.0. The van der Waals surface area contributed by atoms with Crippen molar-refractivity contribution in [2.45, 2.75) is 150 Å². The summed E-state index contributed by atoms with van der Waals surface area (Å²) < 4.78 is 12.9. The number of aryl methyl sites for hydroxylation is 1. The lowest BCUT2D eigenvalue weighted by Crippen LogP contribution is -2.63. The fourth-order valence-electron chi connectivity index (χ4n) is 8.95. The molecule has 0 fully saturated rings. The Morgan fingerprint density at radius 3 is 1.99 bits per heavy atom. The molecule has 10 N–H and O–H groups in total. The lowest BCUT2D eigenvalue weighted by Gasteiger charge is -2.42. The molecule has 3 rings (SSSR count). The minimum Gasteiger partial charge on any atom is -0.481 e. The van der Waals surface area contributed by atoms with Crippen LogP contribution in [0.5, 0.6) is 0 Å². The van der Waals surface area contributed by atoms with E-state index in [9.17, 15) is 43.5 Å². The summed E-state index contributed by atoms with van der Waals surface area (Å²) in [6, 6.07) is 7.16. The Hall–Kier alpha value is -7.49. The maximum absolute atomic E-state index is 15.2. The summed E-state index contributed by atoms with van der Waals surface area (Å²) in [5.74, 6) is -5.23. The van der Waals surface area contributed by atoms with E-state index in [-0.39, 0.29) is 50.0 Å². The number of amides is 8. The number of carbonyl (C=O) groups excluding carboxylic acids is 8. The summed E-state index contributed by atoms with van der Waals surface area (Å²) in [4.78, 5) is 122. The molecule has 0 bridgehead atoms. The molecule has 0 saturated heterocycles. The van der Waals surface area contributed by atoms with Crippen molar-refractivity contribution in [2.24, 2.45) is 35.8 Å². The number of para-hydroxylation sites is 1. The Balaban J connectivity index is 1.95. The van der Waals surface area contributed by atoms with Crippen molar-refractivity contribution in [3.05, 3.63) is 77.5 Å². The third-order valence-corrected chi connectivity index (χ3v) is 13.6. The van der Waals surface area contributed by atoms with Crippen LogP contribution in [-0.2, 0) is 62.1 Å². The molecule has 0 saturated carbocycles. The molecule has 1 heterocycles. The molecule has 430 valence electrons. The van der Waals surface area contributed by atoms with Crippen LogP contribution in [0, 0.1) is 17.3 Å². The maximum atomic E-state index is 15.2. The molecule has 78 heavy (non-hydrogen) atoms. The number of urea groups is 1. The van der Waals surface area contributed by atoms with Crippen molar-refractivity contribution >= 4 is 70.2 Å². The molecule has 8 amide bonds. The van der Waals surface area contributed by atoms with Crippen LogP contribution in [0.4, 0.5) is 15.3 Å². The third-order valence-electron chi connectivity index (χ3n) is 13.6. The number of esters is 1. The molecule has 2 aromatic carbocycles. The molecule has 0 aliphatic rings. The van der Waals surface area contributed by atoms with E-state index in [0.29, 0.717) is 17.7 Å². The number of likely N-dealkylation sites (N-methyl/N-ethyl adjacent to an activating group) is 2. The molecular weight excluding hydrogens is 1000 g/mol. The number of rotatable bonds is 27. The number of anilines is 1. The second kappa shape index (κ2) is 28.8. The van der Waals surface area contributed by atoms with E-state index in [1.807, 2.05) is 69.8 Å². The van der Waals surface area contributed by atoms with Gasteiger partial charge in [0.25, 0.3) is 0 Å². The Labute approximate surface area is 458 Å². The van der Waals surface area contributed by atoms with E-state index in [0.717, 1.165) is 16.5 Å². The lowest BCUT2D eigenvalue weighted by molar-refractivity contribution is -0.147. The Bertz CT molecular complexity index is 2640. The number of carboxylic acids is 1. The minimum atomic E-state index is -1.29. The summed E-state index contributed by atoms with van der Waals surface area (Å²) in [6.07, 6.45) is 2.54. The van der Waals surface area contributed by atoms with Crippen molar-refractivity contribution in [1.29, 1.82) is 0 Å². The van der Waals surface area contributed by atoms with Crippen LogP contribution in [0.1, 0.15) is 113 Å². The maximum Gasteiger partial charge on any atom is 0.410 e. The minimum absolute atomic E-state index is 0.0226. The molecule has 0 aliphatic heterocycles. The number of nitrogens with one attached hydrogen (secondary N) is 5. The Morgan fingerprint density at radius 1 is 0.795 bits per heavy atom. The second-order valence-corrected chi connectivity index (χ2v) is 22.0. The summed E-state index contributed by atoms with van der Waals surface area (Å²) in [7, 11) is 4.89. The third kappa shape index (κ3) is 18.1. The first-order chi connectivity index (χ1) is 36.3. The number of ether oxygens (including phenoxy) is 2. The van der Waals surface area contributed by atoms with E-state index in [2.05, 4.69) is 26.6 Å². The highest BCUT2D eigenvalue weighted by Gasteiger charge is 2.46. The molecule has 22 nitrogen and oxygen atoms in total. The standard InChI is InChI=1S/C56H84N10O12/c1-15-77-52(74)40(26-27-43(67)68)62-47(69)34(6)29-42(32(2)3)65(13)51(73)45(55(7,8)9)63-50(72)46(56(10,11)38-30-64(12)41-21-17-16-19-37(38)41)66(14)54(76)78-31-35-22-24-36(25-23-35)60-48(70)39(20-18-28-59-53(58)75)61-49(71)44(57)33(4)5/h16-17,19,21-25,29-30,32-33,39-40,42,44-46H,15,18,20,26-28,31,57H2,1-14H3,(H,60,70)(H,61,71)(H,62,69)(H,63,72)(H,67,68)(H3,58,59,75)/b34-29+/t39-,40+,42+,44-,45+,46?/m0/s1. The van der Waals surface area contributed by atoms with Gasteiger partial charge in [0.15, 0.2) is 0 Å². The van der Waals surface area contributed by atoms with Crippen LogP contribution in [-0.4, -0.2) is 137 Å². The number of hydrogen-bond acceptors (Lipinski definition) is 12. The number of nitrogens with two attached hydrogens (primary N) is 2. The topological polar surface area (TPSA) is 316 Å². The van der Waals surface area contributed by atoms with Crippen molar-refractivity contribution in [2.75, 3.05) is 32.6 Å². The van der Waals surface area contributed by atoms with Gasteiger partial charge in [0.05, 0.1) is 18.7 Å². The van der Waals surface area contributed by atoms with E-state index in [1.165, 1.54) is 23.8 Å². The summed E-state index contributed by atoms with van der Waals surface area (Å²) in [6.45, 7) is 19.4. The van der Waals surface area contributed by atoms with E-state index < -0.39 is 107 Å². The van der Waals surface area contributed by atoms with Gasteiger partial charge in [-0.25, -0.2) is 14.4 Å². The molecule has 6 atom stereocenters. The highest BCUT2D eigenvalue weighted by Crippen LogP contribution is 2.37. The smallest absolute Gasteiger partial charge is 0.410 e. The first-order valence-electron chi connectivity index (χ1n) is 26.2. The van der Waals surface area contributed by atoms with Crippen molar-refractivity contribution in [3.63, 3.8) is 0 Å². The highest BCUT2D eigenvalue weighted by molar-refractivity contribution is 5.99. The fraction of sp³-hybridized carbons (Fsp3) is 0.554. The number of hydrogen-bond donors (Lipinski definition) is 8. The summed E-state index contributed by atoms with van der Waals surface area (Å²) >= 11 is 0. The van der Waals surface area contributed by atoms with Gasteiger partial charge in [0.1, 0.15) is 30.8 Å². The number of benzene rings is 2. The van der Waals surface area contributed by atoms with Crippen LogP contribution in [0.25, 0.3) is 10.9 Å². The molecule has 0 radical (unpaired) electrons. The number of nitrogens with zero attached hydrogens (tertiary/aromatic N) is 3. The zero-order valence-electron chi connectivity index (χ0n) is 47.8. The highest BCUT2D eigenvalue weighted by atomic mass is 16.6. The van der Waals surface area contributed by atoms with Crippen molar-refractivity contribution in [1.82, 2.24) is 35.6 Å². The molecule has 22 heteroatoms. The normalized spacial score (nSPS) is 14.2. The average Bonchev–Trinajstić information content (AvgIpc) is 3.79. The van der Waals surface area contributed by atoms with E-state index >= 15 is 4.79 Å². The second-order valence-electron chi connectivity index (χ2n) is 22.0. The van der Waals surface area contributed by atoms with Crippen molar-refractivity contribution in [3.8, 4) is 0 Å². The van der Waals surface area contributed by atoms with Gasteiger partial charge in [0, 0.05) is 67.9 Å². The van der Waals surface area contributed by atoms with Gasteiger partial charge in [-0.3, -0.25) is 33.7 Å². The number of fused-ring (bicyclic) bond motifs is 1. The molecule has 0 spiro atoms. The number of carboxylic acid groups (broad SMARTS) is 1. The van der Waals surface area contributed by atoms with Gasteiger partial charge >= 0.3 is 24.1 Å². The zero-order valence-corrected chi connectivity index (χ0v) is 47.8. The number of aromatic nitrogens is 1. The lowest BCUT2D eigenvalue weighted by atomic mass is 9.76. The molecular formula is C56H84N10O12. The predicted molar refractivity (Wildman–Crippen MR) is 296 cm³/mol. The van der Waals surface area contributed by atoms with Crippen LogP contribution in [0.15, 0.2) is 66.4 Å². The summed E-state index contributed by atoms with van der Waals surface area (Å²) in [5.41, 5.74) is 11.9. The van der Waals surface area contributed by atoms with E-state index in [1.54, 1.807) is 78.9 Å². The Morgan fingerprint density at radius 2 is 1.42 bits per heavy atom. The van der Waals surface area contributed by atoms with Gasteiger partial charge in [-0.2, -0.15) is 0 Å². The quantitative estimate of drug-likeness (QED) is 0.0289. The number of carbonyl (C=O) groups is 9.